The van der Waals surface area contributed by atoms with Gasteiger partial charge < -0.3 is 49.4 Å². The van der Waals surface area contributed by atoms with Gasteiger partial charge in [-0.2, -0.15) is 4.99 Å². The SMILES string of the molecule is CCOCCOc1c2cccc1Cc1cc([NH+]=C(N)[NH3+])cc(c1OCCOCC)Cc1cc(N=C(N)N)cc(c1OCCOCC)Cc1cc([NH+]=C(N)N)cc(c1OCCOCC)C2. The molecule has 0 aromatic heterocycles. The van der Waals surface area contributed by atoms with Crippen LogP contribution in [0.3, 0.4) is 0 Å². The first-order valence-electron chi connectivity index (χ1n) is 21.9. The fourth-order valence-electron chi connectivity index (χ4n) is 7.61. The number of rotatable bonds is 23. The minimum absolute atomic E-state index is 0.0375. The lowest BCUT2D eigenvalue weighted by molar-refractivity contribution is -0.426. The maximum Gasteiger partial charge on any atom is 0.439 e. The second kappa shape index (κ2) is 25.3. The van der Waals surface area contributed by atoms with Crippen molar-refractivity contribution < 1.29 is 53.6 Å². The zero-order chi connectivity index (χ0) is 45.8. The smallest absolute Gasteiger partial charge is 0.439 e. The van der Waals surface area contributed by atoms with E-state index in [1.54, 1.807) is 0 Å². The van der Waals surface area contributed by atoms with Crippen LogP contribution in [-0.2, 0) is 44.6 Å². The van der Waals surface area contributed by atoms with Gasteiger partial charge in [0.25, 0.3) is 0 Å². The molecular formula is C47H68N9O8+3. The molecule has 4 aromatic carbocycles. The summed E-state index contributed by atoms with van der Waals surface area (Å²) in [4.78, 5) is 10.9. The van der Waals surface area contributed by atoms with E-state index in [9.17, 15) is 0 Å². The highest BCUT2D eigenvalue weighted by Crippen LogP contribution is 2.41. The lowest BCUT2D eigenvalue weighted by Crippen LogP contribution is -2.85. The Balaban J connectivity index is 1.90. The topological polar surface area (TPSA) is 272 Å². The van der Waals surface area contributed by atoms with Crippen LogP contribution >= 0.6 is 0 Å². The van der Waals surface area contributed by atoms with Gasteiger partial charge in [0.05, 0.1) is 37.8 Å². The Kier molecular flexibility index (Phi) is 19.3. The van der Waals surface area contributed by atoms with Gasteiger partial charge in [0.1, 0.15) is 55.1 Å². The molecule has 17 heteroatoms. The van der Waals surface area contributed by atoms with Crippen LogP contribution in [0, 0.1) is 0 Å². The Hall–Kier alpha value is -6.11. The van der Waals surface area contributed by atoms with Crippen LogP contribution in [0.25, 0.3) is 0 Å². The highest BCUT2D eigenvalue weighted by Gasteiger charge is 2.25. The number of nitrogens with one attached hydrogen (secondary N) is 2. The molecule has 0 heterocycles. The summed E-state index contributed by atoms with van der Waals surface area (Å²) in [6.07, 6.45) is 1.47. The zero-order valence-electron chi connectivity index (χ0n) is 37.8. The molecule has 1 aliphatic carbocycles. The van der Waals surface area contributed by atoms with Crippen molar-refractivity contribution in [2.24, 2.45) is 33.7 Å². The molecule has 64 heavy (non-hydrogen) atoms. The van der Waals surface area contributed by atoms with Crippen molar-refractivity contribution in [1.82, 2.24) is 0 Å². The van der Waals surface area contributed by atoms with Crippen molar-refractivity contribution in [2.75, 3.05) is 79.3 Å². The van der Waals surface area contributed by atoms with E-state index in [-0.39, 0.29) is 24.5 Å². The number of fused-ring (bicyclic) bond motifs is 8. The summed E-state index contributed by atoms with van der Waals surface area (Å²) in [5.41, 5.74) is 43.1. The Morgan fingerprint density at radius 2 is 0.812 bits per heavy atom. The number of ether oxygens (including phenoxy) is 8. The molecule has 0 amide bonds. The molecule has 0 aliphatic heterocycles. The first-order valence-corrected chi connectivity index (χ1v) is 21.9. The highest BCUT2D eigenvalue weighted by atomic mass is 16.5. The molecule has 0 unspecified atom stereocenters. The number of nitrogens with zero attached hydrogens (tertiary/aromatic N) is 1. The number of para-hydroxylation sites is 1. The monoisotopic (exact) mass is 887 g/mol. The summed E-state index contributed by atoms with van der Waals surface area (Å²) in [7, 11) is 0. The fourth-order valence-corrected chi connectivity index (χ4v) is 7.61. The minimum Gasteiger partial charge on any atom is -0.491 e. The Morgan fingerprint density at radius 1 is 0.484 bits per heavy atom. The average molecular weight is 887 g/mol. The minimum atomic E-state index is -0.0956. The van der Waals surface area contributed by atoms with Crippen LogP contribution in [0.4, 0.5) is 17.1 Å². The largest absolute Gasteiger partial charge is 0.491 e. The summed E-state index contributed by atoms with van der Waals surface area (Å²) < 4.78 is 49.8. The summed E-state index contributed by atoms with van der Waals surface area (Å²) in [6.45, 7) is 12.8. The van der Waals surface area contributed by atoms with E-state index in [1.165, 1.54) is 0 Å². The van der Waals surface area contributed by atoms with E-state index in [0.29, 0.717) is 127 Å². The predicted molar refractivity (Wildman–Crippen MR) is 247 cm³/mol. The van der Waals surface area contributed by atoms with Crippen molar-refractivity contribution in [3.8, 4) is 23.0 Å². The molecule has 0 saturated carbocycles. The molecule has 0 atom stereocenters. The van der Waals surface area contributed by atoms with E-state index in [2.05, 4.69) is 32.8 Å². The van der Waals surface area contributed by atoms with Gasteiger partial charge in [-0.3, -0.25) is 17.2 Å². The van der Waals surface area contributed by atoms with Crippen LogP contribution < -0.4 is 63.3 Å². The molecule has 5 rings (SSSR count). The summed E-state index contributed by atoms with van der Waals surface area (Å²) in [5.74, 6) is 2.93. The standard InChI is InChI=1S/C47H65N9O8/c1-5-57-12-16-61-41-30-10-9-11-31(41)21-33-25-39(55-46(50)51)27-35(43(33)63-18-14-59-7-3)23-37-29-40(56-47(52)53)28-36(44(37)64-19-15-60-8-4)22-34-26-38(54-45(48)49)24-32(20-30)42(34)62-17-13-58-6-2/h9-11,24-29H,5-8,12-23H2,1-4H3,(H4,48,49,54)(H4,50,51,55)(H4,52,53,56)/p+3. The van der Waals surface area contributed by atoms with E-state index < -0.39 is 0 Å². The molecule has 17 nitrogen and oxygen atoms in total. The first kappa shape index (κ1) is 48.9. The third kappa shape index (κ3) is 14.5. The number of hydrogen-bond acceptors (Lipinski definition) is 9. The number of nitrogens with two attached hydrogens (primary N) is 5. The van der Waals surface area contributed by atoms with Crippen LogP contribution in [0.1, 0.15) is 72.2 Å². The van der Waals surface area contributed by atoms with Gasteiger partial charge in [-0.1, -0.05) is 18.2 Å². The molecule has 4 aromatic rings. The van der Waals surface area contributed by atoms with Crippen molar-refractivity contribution in [2.45, 2.75) is 53.4 Å². The molecule has 0 fully saturated rings. The molecule has 8 bridgehead atoms. The van der Waals surface area contributed by atoms with Gasteiger partial charge in [-0.05, 0) is 75.2 Å². The van der Waals surface area contributed by atoms with Crippen molar-refractivity contribution in [3.05, 3.63) is 99.1 Å². The van der Waals surface area contributed by atoms with Crippen LogP contribution in [0.2, 0.25) is 0 Å². The maximum atomic E-state index is 6.73. The van der Waals surface area contributed by atoms with Gasteiger partial charge in [-0.25, -0.2) is 15.7 Å². The van der Waals surface area contributed by atoms with E-state index in [4.69, 9.17) is 66.6 Å². The second-order valence-corrected chi connectivity index (χ2v) is 14.9. The highest BCUT2D eigenvalue weighted by molar-refractivity contribution is 5.79. The molecule has 1 aliphatic rings. The number of benzene rings is 4. The third-order valence-electron chi connectivity index (χ3n) is 9.98. The average Bonchev–Trinajstić information content (AvgIpc) is 3.23. The molecule has 0 spiro atoms. The quantitative estimate of drug-likeness (QED) is 0.0248. The maximum absolute atomic E-state index is 6.73. The summed E-state index contributed by atoms with van der Waals surface area (Å²) in [6, 6.07) is 18.0. The predicted octanol–water partition coefficient (Wildman–Crippen LogP) is 0.183. The third-order valence-corrected chi connectivity index (χ3v) is 9.98. The second-order valence-electron chi connectivity index (χ2n) is 14.9. The summed E-state index contributed by atoms with van der Waals surface area (Å²) >= 11 is 0. The van der Waals surface area contributed by atoms with Crippen LogP contribution in [-0.4, -0.2) is 97.2 Å². The molecule has 0 radical (unpaired) electrons. The van der Waals surface area contributed by atoms with Crippen molar-refractivity contribution in [1.29, 1.82) is 0 Å². The molecule has 15 N–H and O–H groups in total. The lowest BCUT2D eigenvalue weighted by Gasteiger charge is -2.23. The van der Waals surface area contributed by atoms with Gasteiger partial charge in [0, 0.05) is 85.5 Å². The van der Waals surface area contributed by atoms with E-state index in [1.807, 2.05) is 70.2 Å². The van der Waals surface area contributed by atoms with Crippen molar-refractivity contribution >= 4 is 34.9 Å². The first-order chi connectivity index (χ1) is 31.0. The fraction of sp³-hybridized carbons (Fsp3) is 0.426. The van der Waals surface area contributed by atoms with Gasteiger partial charge >= 0.3 is 11.9 Å². The molecule has 346 valence electrons. The normalized spacial score (nSPS) is 12.4. The van der Waals surface area contributed by atoms with Gasteiger partial charge in [0.2, 0.25) is 0 Å². The Labute approximate surface area is 376 Å². The van der Waals surface area contributed by atoms with E-state index >= 15 is 0 Å². The molecule has 0 saturated heterocycles. The lowest BCUT2D eigenvalue weighted by atomic mass is 9.90. The van der Waals surface area contributed by atoms with Gasteiger partial charge in [0.15, 0.2) is 5.96 Å². The van der Waals surface area contributed by atoms with E-state index in [0.717, 1.165) is 55.9 Å². The zero-order valence-corrected chi connectivity index (χ0v) is 37.8. The summed E-state index contributed by atoms with van der Waals surface area (Å²) in [5, 5.41) is 0. The molecular weight excluding hydrogens is 819 g/mol. The van der Waals surface area contributed by atoms with Crippen LogP contribution in [0.15, 0.2) is 59.6 Å². The number of hydrogen-bond donors (Lipinski definition) is 8. The number of guanidine groups is 3. The van der Waals surface area contributed by atoms with Gasteiger partial charge in [-0.15, -0.1) is 0 Å². The van der Waals surface area contributed by atoms with Crippen LogP contribution in [0.5, 0.6) is 23.0 Å². The number of quaternary nitrogens is 1. The van der Waals surface area contributed by atoms with Crippen molar-refractivity contribution in [3.63, 3.8) is 0 Å². The number of aliphatic imine (C=N–C) groups is 1. The Bertz CT molecular complexity index is 2110. The Morgan fingerprint density at radius 3 is 1.14 bits per heavy atom.